The highest BCUT2D eigenvalue weighted by molar-refractivity contribution is 7.91. The standard InChI is InChI=1S/C11H14O3S/c1-9-4-5-11(10(2)8-9)15(13,14)7-3-6-12/h4-6,8H,3,7H2,1-2H3. The maximum absolute atomic E-state index is 11.8. The summed E-state index contributed by atoms with van der Waals surface area (Å²) in [6.45, 7) is 3.68. The zero-order valence-electron chi connectivity index (χ0n) is 8.86. The van der Waals surface area contributed by atoms with Crippen LogP contribution >= 0.6 is 0 Å². The summed E-state index contributed by atoms with van der Waals surface area (Å²) >= 11 is 0. The summed E-state index contributed by atoms with van der Waals surface area (Å²) in [5.74, 6) is -0.111. The molecule has 4 heteroatoms. The van der Waals surface area contributed by atoms with Crippen molar-refractivity contribution >= 4 is 16.1 Å². The molecule has 0 heterocycles. The number of sulfone groups is 1. The second kappa shape index (κ2) is 4.57. The van der Waals surface area contributed by atoms with Crippen LogP contribution in [0, 0.1) is 13.8 Å². The summed E-state index contributed by atoms with van der Waals surface area (Å²) in [7, 11) is -3.30. The minimum atomic E-state index is -3.30. The van der Waals surface area contributed by atoms with Gasteiger partial charge in [-0.1, -0.05) is 17.7 Å². The zero-order chi connectivity index (χ0) is 11.5. The van der Waals surface area contributed by atoms with Crippen LogP contribution in [0.2, 0.25) is 0 Å². The Morgan fingerprint density at radius 3 is 2.47 bits per heavy atom. The van der Waals surface area contributed by atoms with Gasteiger partial charge in [0.2, 0.25) is 0 Å². The van der Waals surface area contributed by atoms with E-state index in [0.29, 0.717) is 11.2 Å². The van der Waals surface area contributed by atoms with E-state index < -0.39 is 9.84 Å². The number of carbonyl (C=O) groups is 1. The predicted octanol–water partition coefficient (Wildman–Crippen LogP) is 1.67. The van der Waals surface area contributed by atoms with Crippen molar-refractivity contribution in [2.45, 2.75) is 25.2 Å². The van der Waals surface area contributed by atoms with Crippen molar-refractivity contribution in [2.75, 3.05) is 5.75 Å². The molecule has 0 spiro atoms. The predicted molar refractivity (Wildman–Crippen MR) is 58.6 cm³/mol. The van der Waals surface area contributed by atoms with Crippen LogP contribution in [0.25, 0.3) is 0 Å². The molecule has 0 atom stereocenters. The molecule has 0 N–H and O–H groups in total. The van der Waals surface area contributed by atoms with Gasteiger partial charge in [0.05, 0.1) is 10.6 Å². The molecule has 1 aromatic carbocycles. The summed E-state index contributed by atoms with van der Waals surface area (Å²) in [6, 6.07) is 5.19. The maximum Gasteiger partial charge on any atom is 0.179 e. The fourth-order valence-electron chi connectivity index (χ4n) is 1.46. The molecule has 82 valence electrons. The highest BCUT2D eigenvalue weighted by Gasteiger charge is 2.15. The van der Waals surface area contributed by atoms with Crippen LogP contribution in [0.3, 0.4) is 0 Å². The average Bonchev–Trinajstić information content (AvgIpc) is 2.14. The van der Waals surface area contributed by atoms with Gasteiger partial charge in [0, 0.05) is 6.42 Å². The van der Waals surface area contributed by atoms with E-state index >= 15 is 0 Å². The monoisotopic (exact) mass is 226 g/mol. The van der Waals surface area contributed by atoms with Gasteiger partial charge in [-0.15, -0.1) is 0 Å². The van der Waals surface area contributed by atoms with Crippen molar-refractivity contribution in [3.8, 4) is 0 Å². The molecule has 0 aromatic heterocycles. The molecule has 0 aliphatic rings. The van der Waals surface area contributed by atoms with Gasteiger partial charge >= 0.3 is 0 Å². The minimum Gasteiger partial charge on any atom is -0.303 e. The highest BCUT2D eigenvalue weighted by Crippen LogP contribution is 2.18. The van der Waals surface area contributed by atoms with Gasteiger partial charge in [-0.2, -0.15) is 0 Å². The molecule has 0 radical (unpaired) electrons. The third-order valence-electron chi connectivity index (χ3n) is 2.17. The van der Waals surface area contributed by atoms with Crippen molar-refractivity contribution < 1.29 is 13.2 Å². The molecule has 0 amide bonds. The number of aldehydes is 1. The summed E-state index contributed by atoms with van der Waals surface area (Å²) in [4.78, 5) is 10.5. The van der Waals surface area contributed by atoms with Gasteiger partial charge in [-0.3, -0.25) is 0 Å². The summed E-state index contributed by atoms with van der Waals surface area (Å²) in [5.41, 5.74) is 1.77. The Morgan fingerprint density at radius 1 is 1.27 bits per heavy atom. The third kappa shape index (κ3) is 2.89. The van der Waals surface area contributed by atoms with Crippen LogP contribution in [-0.2, 0) is 14.6 Å². The van der Waals surface area contributed by atoms with Crippen LogP contribution in [-0.4, -0.2) is 20.5 Å². The van der Waals surface area contributed by atoms with E-state index in [0.717, 1.165) is 11.1 Å². The Bertz CT molecular complexity index is 461. The van der Waals surface area contributed by atoms with E-state index in [2.05, 4.69) is 0 Å². The summed E-state index contributed by atoms with van der Waals surface area (Å²) < 4.78 is 23.5. The lowest BCUT2D eigenvalue weighted by Gasteiger charge is -2.06. The number of hydrogen-bond acceptors (Lipinski definition) is 3. The number of benzene rings is 1. The number of aryl methyl sites for hydroxylation is 2. The first kappa shape index (κ1) is 11.9. The van der Waals surface area contributed by atoms with Gasteiger partial charge in [0.1, 0.15) is 6.29 Å². The molecule has 1 aromatic rings. The van der Waals surface area contributed by atoms with Crippen LogP contribution < -0.4 is 0 Å². The fraction of sp³-hybridized carbons (Fsp3) is 0.364. The van der Waals surface area contributed by atoms with Crippen molar-refractivity contribution in [1.29, 1.82) is 0 Å². The molecule has 0 unspecified atom stereocenters. The van der Waals surface area contributed by atoms with Gasteiger partial charge in [-0.25, -0.2) is 8.42 Å². The van der Waals surface area contributed by atoms with Gasteiger partial charge < -0.3 is 4.79 Å². The molecular formula is C11H14O3S. The molecule has 3 nitrogen and oxygen atoms in total. The molecule has 0 bridgehead atoms. The van der Waals surface area contributed by atoms with E-state index in [9.17, 15) is 13.2 Å². The van der Waals surface area contributed by atoms with Crippen molar-refractivity contribution in [3.63, 3.8) is 0 Å². The van der Waals surface area contributed by atoms with Gasteiger partial charge in [-0.05, 0) is 25.5 Å². The Kier molecular flexibility index (Phi) is 3.63. The number of carbonyl (C=O) groups excluding carboxylic acids is 1. The minimum absolute atomic E-state index is 0.0512. The molecule has 0 aliphatic carbocycles. The van der Waals surface area contributed by atoms with Gasteiger partial charge in [0.25, 0.3) is 0 Å². The van der Waals surface area contributed by atoms with Crippen LogP contribution in [0.1, 0.15) is 17.5 Å². The Balaban J connectivity index is 3.10. The smallest absolute Gasteiger partial charge is 0.179 e. The summed E-state index contributed by atoms with van der Waals surface area (Å²) in [5, 5.41) is 0. The van der Waals surface area contributed by atoms with Gasteiger partial charge in [0.15, 0.2) is 9.84 Å². The molecule has 0 aliphatic heterocycles. The zero-order valence-corrected chi connectivity index (χ0v) is 9.67. The molecule has 0 saturated carbocycles. The van der Waals surface area contributed by atoms with Crippen LogP contribution in [0.15, 0.2) is 23.1 Å². The third-order valence-corrected chi connectivity index (χ3v) is 4.07. The molecular weight excluding hydrogens is 212 g/mol. The maximum atomic E-state index is 11.8. The molecule has 0 saturated heterocycles. The Labute approximate surface area is 90.0 Å². The van der Waals surface area contributed by atoms with E-state index in [1.807, 2.05) is 13.0 Å². The summed E-state index contributed by atoms with van der Waals surface area (Å²) in [6.07, 6.45) is 0.677. The molecule has 15 heavy (non-hydrogen) atoms. The number of rotatable bonds is 4. The first-order chi connectivity index (χ1) is 6.97. The normalized spacial score (nSPS) is 11.3. The lowest BCUT2D eigenvalue weighted by Crippen LogP contribution is -2.08. The first-order valence-electron chi connectivity index (χ1n) is 4.71. The Morgan fingerprint density at radius 2 is 1.93 bits per heavy atom. The van der Waals surface area contributed by atoms with E-state index in [4.69, 9.17) is 0 Å². The lowest BCUT2D eigenvalue weighted by atomic mass is 10.2. The van der Waals surface area contributed by atoms with E-state index in [-0.39, 0.29) is 12.2 Å². The van der Waals surface area contributed by atoms with Crippen LogP contribution in [0.5, 0.6) is 0 Å². The van der Waals surface area contributed by atoms with E-state index in [1.54, 1.807) is 19.1 Å². The van der Waals surface area contributed by atoms with Crippen molar-refractivity contribution in [1.82, 2.24) is 0 Å². The largest absolute Gasteiger partial charge is 0.303 e. The lowest BCUT2D eigenvalue weighted by molar-refractivity contribution is -0.107. The Hall–Kier alpha value is -1.16. The number of hydrogen-bond donors (Lipinski definition) is 0. The van der Waals surface area contributed by atoms with Crippen LogP contribution in [0.4, 0.5) is 0 Å². The van der Waals surface area contributed by atoms with Crippen molar-refractivity contribution in [3.05, 3.63) is 29.3 Å². The van der Waals surface area contributed by atoms with Crippen molar-refractivity contribution in [2.24, 2.45) is 0 Å². The topological polar surface area (TPSA) is 51.2 Å². The SMILES string of the molecule is Cc1ccc(S(=O)(=O)CCC=O)c(C)c1. The molecule has 0 fully saturated rings. The highest BCUT2D eigenvalue weighted by atomic mass is 32.2. The second-order valence-electron chi connectivity index (χ2n) is 3.54. The van der Waals surface area contributed by atoms with E-state index in [1.165, 1.54) is 0 Å². The second-order valence-corrected chi connectivity index (χ2v) is 5.62. The quantitative estimate of drug-likeness (QED) is 0.734. The first-order valence-corrected chi connectivity index (χ1v) is 6.36. The fourth-order valence-corrected chi connectivity index (χ4v) is 2.91. The molecule has 1 rings (SSSR count). The average molecular weight is 226 g/mol.